The Labute approximate surface area is 124 Å². The van der Waals surface area contributed by atoms with Crippen LogP contribution in [0.2, 0.25) is 0 Å². The van der Waals surface area contributed by atoms with Gasteiger partial charge in [0, 0.05) is 41.8 Å². The number of hydrogen-bond acceptors (Lipinski definition) is 4. The van der Waals surface area contributed by atoms with Crippen molar-refractivity contribution in [1.29, 1.82) is 0 Å². The van der Waals surface area contributed by atoms with Crippen molar-refractivity contribution < 1.29 is 9.66 Å². The summed E-state index contributed by atoms with van der Waals surface area (Å²) < 4.78 is 5.69. The standard InChI is InChI=1S/C14H13BrN2O3/c15-10-12-9-13(17(18)19)1-2-14(12)20-8-5-11-3-6-16-7-4-11/h1-4,6-7,9H,5,8,10H2. The molecular weight excluding hydrogens is 324 g/mol. The quantitative estimate of drug-likeness (QED) is 0.460. The number of aromatic nitrogens is 1. The van der Waals surface area contributed by atoms with Crippen molar-refractivity contribution in [3.05, 3.63) is 64.0 Å². The molecule has 1 aromatic carbocycles. The number of halogens is 1. The lowest BCUT2D eigenvalue weighted by molar-refractivity contribution is -0.384. The number of non-ortho nitro benzene ring substituents is 1. The molecule has 0 saturated carbocycles. The average Bonchev–Trinajstić information content (AvgIpc) is 2.48. The second-order valence-corrected chi connectivity index (χ2v) is 4.70. The largest absolute Gasteiger partial charge is 0.493 e. The molecule has 5 nitrogen and oxygen atoms in total. The van der Waals surface area contributed by atoms with Crippen LogP contribution >= 0.6 is 15.9 Å². The van der Waals surface area contributed by atoms with Crippen LogP contribution in [-0.4, -0.2) is 16.5 Å². The molecule has 20 heavy (non-hydrogen) atoms. The molecule has 0 aliphatic heterocycles. The van der Waals surface area contributed by atoms with Crippen molar-refractivity contribution in [1.82, 2.24) is 4.98 Å². The van der Waals surface area contributed by atoms with Gasteiger partial charge >= 0.3 is 0 Å². The molecule has 0 bridgehead atoms. The number of hydrogen-bond donors (Lipinski definition) is 0. The van der Waals surface area contributed by atoms with Crippen molar-refractivity contribution in [3.63, 3.8) is 0 Å². The van der Waals surface area contributed by atoms with Gasteiger partial charge in [0.1, 0.15) is 5.75 Å². The molecule has 0 saturated heterocycles. The van der Waals surface area contributed by atoms with Gasteiger partial charge < -0.3 is 4.74 Å². The van der Waals surface area contributed by atoms with Gasteiger partial charge in [0.05, 0.1) is 11.5 Å². The number of benzene rings is 1. The maximum Gasteiger partial charge on any atom is 0.270 e. The van der Waals surface area contributed by atoms with Gasteiger partial charge in [-0.1, -0.05) is 15.9 Å². The van der Waals surface area contributed by atoms with E-state index in [-0.39, 0.29) is 5.69 Å². The number of ether oxygens (including phenoxy) is 1. The third kappa shape index (κ3) is 3.77. The highest BCUT2D eigenvalue weighted by Gasteiger charge is 2.10. The van der Waals surface area contributed by atoms with Gasteiger partial charge in [-0.3, -0.25) is 15.1 Å². The molecule has 0 amide bonds. The number of nitro groups is 1. The lowest BCUT2D eigenvalue weighted by Gasteiger charge is -2.09. The van der Waals surface area contributed by atoms with E-state index >= 15 is 0 Å². The first kappa shape index (κ1) is 14.5. The highest BCUT2D eigenvalue weighted by Crippen LogP contribution is 2.26. The molecule has 104 valence electrons. The van der Waals surface area contributed by atoms with Crippen LogP contribution in [0, 0.1) is 10.1 Å². The minimum Gasteiger partial charge on any atom is -0.493 e. The van der Waals surface area contributed by atoms with E-state index in [0.717, 1.165) is 17.5 Å². The first-order chi connectivity index (χ1) is 9.70. The summed E-state index contributed by atoms with van der Waals surface area (Å²) >= 11 is 3.32. The van der Waals surface area contributed by atoms with Crippen LogP contribution in [0.1, 0.15) is 11.1 Å². The smallest absolute Gasteiger partial charge is 0.270 e. The van der Waals surface area contributed by atoms with Gasteiger partial charge in [0.15, 0.2) is 0 Å². The van der Waals surface area contributed by atoms with E-state index in [1.54, 1.807) is 18.5 Å². The zero-order valence-corrected chi connectivity index (χ0v) is 12.2. The second-order valence-electron chi connectivity index (χ2n) is 4.14. The molecule has 0 fully saturated rings. The average molecular weight is 337 g/mol. The number of rotatable bonds is 6. The van der Waals surface area contributed by atoms with Gasteiger partial charge in [0.2, 0.25) is 0 Å². The zero-order valence-electron chi connectivity index (χ0n) is 10.7. The van der Waals surface area contributed by atoms with Crippen LogP contribution in [0.5, 0.6) is 5.75 Å². The molecule has 0 spiro atoms. The van der Waals surface area contributed by atoms with E-state index in [4.69, 9.17) is 4.74 Å². The van der Waals surface area contributed by atoms with Crippen LogP contribution in [0.3, 0.4) is 0 Å². The summed E-state index contributed by atoms with van der Waals surface area (Å²) in [6.07, 6.45) is 4.25. The fourth-order valence-electron chi connectivity index (χ4n) is 1.75. The SMILES string of the molecule is O=[N+]([O-])c1ccc(OCCc2ccncc2)c(CBr)c1. The maximum absolute atomic E-state index is 10.7. The van der Waals surface area contributed by atoms with Crippen molar-refractivity contribution in [2.24, 2.45) is 0 Å². The molecule has 2 rings (SSSR count). The first-order valence-corrected chi connectivity index (χ1v) is 7.18. The molecule has 1 aromatic heterocycles. The van der Waals surface area contributed by atoms with Crippen LogP contribution in [-0.2, 0) is 11.8 Å². The lowest BCUT2D eigenvalue weighted by Crippen LogP contribution is -2.03. The summed E-state index contributed by atoms with van der Waals surface area (Å²) in [6, 6.07) is 8.49. The van der Waals surface area contributed by atoms with Crippen molar-refractivity contribution in [2.75, 3.05) is 6.61 Å². The van der Waals surface area contributed by atoms with E-state index in [9.17, 15) is 10.1 Å². The molecule has 0 atom stereocenters. The van der Waals surface area contributed by atoms with Gasteiger partial charge in [-0.15, -0.1) is 0 Å². The van der Waals surface area contributed by atoms with E-state index < -0.39 is 4.92 Å². The van der Waals surface area contributed by atoms with E-state index in [0.29, 0.717) is 17.7 Å². The van der Waals surface area contributed by atoms with E-state index in [1.165, 1.54) is 12.1 Å². The Kier molecular flexibility index (Phi) is 5.06. The van der Waals surface area contributed by atoms with Crippen molar-refractivity contribution in [2.45, 2.75) is 11.8 Å². The summed E-state index contributed by atoms with van der Waals surface area (Å²) in [5, 5.41) is 11.2. The zero-order chi connectivity index (χ0) is 14.4. The monoisotopic (exact) mass is 336 g/mol. The van der Waals surface area contributed by atoms with Gasteiger partial charge in [-0.25, -0.2) is 0 Å². The summed E-state index contributed by atoms with van der Waals surface area (Å²) in [5.41, 5.74) is 1.98. The predicted molar refractivity (Wildman–Crippen MR) is 79.2 cm³/mol. The Morgan fingerprint density at radius 2 is 2.00 bits per heavy atom. The Morgan fingerprint density at radius 1 is 1.25 bits per heavy atom. The molecule has 1 heterocycles. The molecule has 0 unspecified atom stereocenters. The Morgan fingerprint density at radius 3 is 2.65 bits per heavy atom. The molecular formula is C14H13BrN2O3. The predicted octanol–water partition coefficient (Wildman–Crippen LogP) is 3.51. The highest BCUT2D eigenvalue weighted by atomic mass is 79.9. The van der Waals surface area contributed by atoms with Gasteiger partial charge in [-0.2, -0.15) is 0 Å². The van der Waals surface area contributed by atoms with Crippen LogP contribution in [0.4, 0.5) is 5.69 Å². The summed E-state index contributed by atoms with van der Waals surface area (Å²) in [6.45, 7) is 0.516. The van der Waals surface area contributed by atoms with E-state index in [2.05, 4.69) is 20.9 Å². The number of nitro benzene ring substituents is 1. The van der Waals surface area contributed by atoms with Gasteiger partial charge in [-0.05, 0) is 23.8 Å². The first-order valence-electron chi connectivity index (χ1n) is 6.05. The highest BCUT2D eigenvalue weighted by molar-refractivity contribution is 9.08. The summed E-state index contributed by atoms with van der Waals surface area (Å²) in [4.78, 5) is 14.3. The number of alkyl halides is 1. The normalized spacial score (nSPS) is 10.2. The van der Waals surface area contributed by atoms with Gasteiger partial charge in [0.25, 0.3) is 5.69 Å². The third-order valence-electron chi connectivity index (χ3n) is 2.80. The number of pyridine rings is 1. The fraction of sp³-hybridized carbons (Fsp3) is 0.214. The summed E-state index contributed by atoms with van der Waals surface area (Å²) in [5.74, 6) is 0.668. The van der Waals surface area contributed by atoms with Crippen LogP contribution < -0.4 is 4.74 Å². The summed E-state index contributed by atoms with van der Waals surface area (Å²) in [7, 11) is 0. The minimum atomic E-state index is -0.410. The molecule has 0 aliphatic rings. The lowest BCUT2D eigenvalue weighted by atomic mass is 10.2. The number of nitrogens with zero attached hydrogens (tertiary/aromatic N) is 2. The van der Waals surface area contributed by atoms with Crippen LogP contribution in [0.25, 0.3) is 0 Å². The topological polar surface area (TPSA) is 65.3 Å². The second kappa shape index (κ2) is 7.00. The van der Waals surface area contributed by atoms with Crippen molar-refractivity contribution in [3.8, 4) is 5.75 Å². The molecule has 0 N–H and O–H groups in total. The fourth-order valence-corrected chi connectivity index (χ4v) is 2.19. The molecule has 2 aromatic rings. The molecule has 0 radical (unpaired) electrons. The van der Waals surface area contributed by atoms with E-state index in [1.807, 2.05) is 12.1 Å². The van der Waals surface area contributed by atoms with Crippen LogP contribution in [0.15, 0.2) is 42.7 Å². The Balaban J connectivity index is 2.00. The Bertz CT molecular complexity index is 590. The molecule has 6 heteroatoms. The maximum atomic E-state index is 10.7. The third-order valence-corrected chi connectivity index (χ3v) is 3.40. The molecule has 0 aliphatic carbocycles. The van der Waals surface area contributed by atoms with Crippen molar-refractivity contribution >= 4 is 21.6 Å². The minimum absolute atomic E-state index is 0.0703. The Hall–Kier alpha value is -1.95.